The van der Waals surface area contributed by atoms with E-state index in [-0.39, 0.29) is 11.9 Å². The van der Waals surface area contributed by atoms with Gasteiger partial charge in [-0.1, -0.05) is 48.5 Å². The molecule has 8 heteroatoms. The molecule has 0 saturated carbocycles. The van der Waals surface area contributed by atoms with Crippen LogP contribution < -0.4 is 5.32 Å². The van der Waals surface area contributed by atoms with Gasteiger partial charge in [0.05, 0.1) is 22.8 Å². The summed E-state index contributed by atoms with van der Waals surface area (Å²) in [5, 5.41) is 4.05. The molecule has 0 aliphatic carbocycles. The van der Waals surface area contributed by atoms with Gasteiger partial charge in [0.2, 0.25) is 0 Å². The first-order valence-corrected chi connectivity index (χ1v) is 14.0. The third kappa shape index (κ3) is 5.42. The molecule has 2 aromatic heterocycles. The van der Waals surface area contributed by atoms with Crippen molar-refractivity contribution in [2.45, 2.75) is 45.4 Å². The third-order valence-electron chi connectivity index (χ3n) is 7.55. The van der Waals surface area contributed by atoms with Gasteiger partial charge in [0.1, 0.15) is 5.60 Å². The first kappa shape index (κ1) is 26.6. The van der Waals surface area contributed by atoms with Crippen LogP contribution in [0.1, 0.15) is 43.1 Å². The largest absolute Gasteiger partial charge is 0.444 e. The van der Waals surface area contributed by atoms with Crippen molar-refractivity contribution in [1.29, 1.82) is 0 Å². The molecule has 3 aromatic carbocycles. The number of carbonyl (C=O) groups is 2. The molecule has 1 fully saturated rings. The van der Waals surface area contributed by atoms with E-state index in [0.29, 0.717) is 25.1 Å². The lowest BCUT2D eigenvalue weighted by Crippen LogP contribution is -2.41. The number of likely N-dealkylation sites (tertiary alicyclic amines) is 1. The van der Waals surface area contributed by atoms with Crippen molar-refractivity contribution in [2.75, 3.05) is 13.1 Å². The number of nitrogens with zero attached hydrogens (tertiary/aromatic N) is 4. The molecule has 3 heterocycles. The zero-order chi connectivity index (χ0) is 28.7. The molecule has 8 nitrogen and oxygen atoms in total. The fourth-order valence-electron chi connectivity index (χ4n) is 5.61. The van der Waals surface area contributed by atoms with Gasteiger partial charge in [-0.2, -0.15) is 0 Å². The summed E-state index contributed by atoms with van der Waals surface area (Å²) in [6.07, 6.45) is 0.233. The Morgan fingerprint density at radius 2 is 1.73 bits per heavy atom. The number of imidazole rings is 1. The number of aryl methyl sites for hydroxylation is 1. The molecule has 1 aliphatic heterocycles. The summed E-state index contributed by atoms with van der Waals surface area (Å²) in [5.74, 6) is 0.783. The summed E-state index contributed by atoms with van der Waals surface area (Å²) in [6, 6.07) is 26.6. The number of ether oxygens (including phenoxy) is 1. The van der Waals surface area contributed by atoms with Crippen molar-refractivity contribution in [3.63, 3.8) is 0 Å². The average molecular weight is 550 g/mol. The second kappa shape index (κ2) is 10.4. The highest BCUT2D eigenvalue weighted by Crippen LogP contribution is 2.31. The minimum absolute atomic E-state index is 0.0641. The lowest BCUT2D eigenvalue weighted by atomic mass is 10.1. The van der Waals surface area contributed by atoms with Crippen LogP contribution in [0, 0.1) is 0 Å². The van der Waals surface area contributed by atoms with Crippen molar-refractivity contribution >= 4 is 33.9 Å². The van der Waals surface area contributed by atoms with E-state index >= 15 is 0 Å². The van der Waals surface area contributed by atoms with Crippen molar-refractivity contribution in [3.8, 4) is 11.5 Å². The Labute approximate surface area is 239 Å². The van der Waals surface area contributed by atoms with Gasteiger partial charge in [0, 0.05) is 43.1 Å². The lowest BCUT2D eigenvalue weighted by Gasteiger charge is -2.22. The number of nitrogens with one attached hydrogen (secondary N) is 1. The van der Waals surface area contributed by atoms with E-state index in [9.17, 15) is 9.59 Å². The Kier molecular flexibility index (Phi) is 6.77. The topological polar surface area (TPSA) is 81.4 Å². The first-order valence-electron chi connectivity index (χ1n) is 14.0. The maximum Gasteiger partial charge on any atom is 0.407 e. The number of amides is 2. The van der Waals surface area contributed by atoms with Crippen LogP contribution in [0.3, 0.4) is 0 Å². The number of hydrogen-bond acceptors (Lipinski definition) is 4. The summed E-state index contributed by atoms with van der Waals surface area (Å²) >= 11 is 0. The van der Waals surface area contributed by atoms with Crippen LogP contribution in [0.15, 0.2) is 78.9 Å². The highest BCUT2D eigenvalue weighted by atomic mass is 16.6. The first-order chi connectivity index (χ1) is 19.7. The van der Waals surface area contributed by atoms with Crippen LogP contribution in [-0.2, 0) is 18.3 Å². The third-order valence-corrected chi connectivity index (χ3v) is 7.55. The predicted molar refractivity (Wildman–Crippen MR) is 161 cm³/mol. The SMILES string of the molecule is Cn1c(-c2cc3ccccc3n2Cc2ccccc2)nc2cc(C(=O)N3CCC(NC(=O)OC(C)(C)C)C3)ccc21. The van der Waals surface area contributed by atoms with Gasteiger partial charge in [0.15, 0.2) is 5.82 Å². The van der Waals surface area contributed by atoms with Crippen molar-refractivity contribution in [2.24, 2.45) is 7.05 Å². The molecule has 1 aliphatic rings. The maximum atomic E-state index is 13.4. The summed E-state index contributed by atoms with van der Waals surface area (Å²) < 4.78 is 9.77. The Morgan fingerprint density at radius 3 is 2.51 bits per heavy atom. The molecule has 6 rings (SSSR count). The highest BCUT2D eigenvalue weighted by Gasteiger charge is 2.30. The molecular weight excluding hydrogens is 514 g/mol. The van der Waals surface area contributed by atoms with E-state index in [1.54, 1.807) is 4.90 Å². The Morgan fingerprint density at radius 1 is 0.976 bits per heavy atom. The van der Waals surface area contributed by atoms with E-state index in [1.807, 2.05) is 52.1 Å². The van der Waals surface area contributed by atoms with Gasteiger partial charge in [-0.15, -0.1) is 0 Å². The second-order valence-corrected chi connectivity index (χ2v) is 11.7. The summed E-state index contributed by atoms with van der Waals surface area (Å²) in [4.78, 5) is 32.4. The molecule has 0 spiro atoms. The Hall–Kier alpha value is -4.59. The summed E-state index contributed by atoms with van der Waals surface area (Å²) in [5.41, 5.74) is 5.14. The van der Waals surface area contributed by atoms with Gasteiger partial charge in [-0.3, -0.25) is 4.79 Å². The molecule has 0 bridgehead atoms. The molecule has 1 saturated heterocycles. The van der Waals surface area contributed by atoms with Crippen LogP contribution in [0.5, 0.6) is 0 Å². The quantitative estimate of drug-likeness (QED) is 0.292. The van der Waals surface area contributed by atoms with E-state index in [2.05, 4.69) is 69.0 Å². The average Bonchev–Trinajstić information content (AvgIpc) is 3.63. The molecule has 1 atom stereocenters. The Balaban J connectivity index is 1.27. The monoisotopic (exact) mass is 549 g/mol. The van der Waals surface area contributed by atoms with Crippen LogP contribution in [0.4, 0.5) is 4.79 Å². The van der Waals surface area contributed by atoms with Crippen molar-refractivity contribution < 1.29 is 14.3 Å². The number of aromatic nitrogens is 3. The molecule has 2 amide bonds. The highest BCUT2D eigenvalue weighted by molar-refractivity contribution is 5.98. The fraction of sp³-hybridized carbons (Fsp3) is 0.303. The number of fused-ring (bicyclic) bond motifs is 2. The minimum Gasteiger partial charge on any atom is -0.444 e. The van der Waals surface area contributed by atoms with Gasteiger partial charge >= 0.3 is 6.09 Å². The van der Waals surface area contributed by atoms with Crippen LogP contribution >= 0.6 is 0 Å². The van der Waals surface area contributed by atoms with Crippen LogP contribution in [-0.4, -0.2) is 55.8 Å². The second-order valence-electron chi connectivity index (χ2n) is 11.7. The van der Waals surface area contributed by atoms with E-state index < -0.39 is 11.7 Å². The van der Waals surface area contributed by atoms with Gasteiger partial charge < -0.3 is 24.1 Å². The maximum absolute atomic E-state index is 13.4. The number of carbonyl (C=O) groups excluding carboxylic acids is 2. The molecular formula is C33H35N5O3. The molecule has 41 heavy (non-hydrogen) atoms. The Bertz CT molecular complexity index is 1750. The van der Waals surface area contributed by atoms with Crippen LogP contribution in [0.2, 0.25) is 0 Å². The number of hydrogen-bond donors (Lipinski definition) is 1. The summed E-state index contributed by atoms with van der Waals surface area (Å²) in [6.45, 7) is 7.25. The lowest BCUT2D eigenvalue weighted by molar-refractivity contribution is 0.0502. The zero-order valence-electron chi connectivity index (χ0n) is 23.9. The summed E-state index contributed by atoms with van der Waals surface area (Å²) in [7, 11) is 2.02. The molecule has 5 aromatic rings. The zero-order valence-corrected chi connectivity index (χ0v) is 23.9. The van der Waals surface area contributed by atoms with Gasteiger partial charge in [-0.05, 0) is 63.1 Å². The fourth-order valence-corrected chi connectivity index (χ4v) is 5.61. The standard InChI is InChI=1S/C33H35N5O3/c1-33(2,3)41-32(40)34-25-16-17-37(21-25)31(39)24-14-15-28-26(18-24)35-30(36(28)4)29-19-23-12-8-9-13-27(23)38(29)20-22-10-6-5-7-11-22/h5-15,18-19,25H,16-17,20-21H2,1-4H3,(H,34,40). The number of para-hydroxylation sites is 1. The molecule has 1 N–H and O–H groups in total. The number of rotatable bonds is 5. The smallest absolute Gasteiger partial charge is 0.407 e. The van der Waals surface area contributed by atoms with E-state index in [4.69, 9.17) is 9.72 Å². The normalized spacial score (nSPS) is 15.5. The molecule has 0 radical (unpaired) electrons. The van der Waals surface area contributed by atoms with Crippen molar-refractivity contribution in [1.82, 2.24) is 24.3 Å². The number of alkyl carbamates (subject to hydrolysis) is 1. The van der Waals surface area contributed by atoms with Gasteiger partial charge in [0.25, 0.3) is 5.91 Å². The number of benzene rings is 3. The molecule has 210 valence electrons. The van der Waals surface area contributed by atoms with Gasteiger partial charge in [-0.25, -0.2) is 9.78 Å². The van der Waals surface area contributed by atoms with E-state index in [0.717, 1.165) is 40.0 Å². The van der Waals surface area contributed by atoms with Crippen molar-refractivity contribution in [3.05, 3.63) is 90.0 Å². The predicted octanol–water partition coefficient (Wildman–Crippen LogP) is 5.98. The van der Waals surface area contributed by atoms with E-state index in [1.165, 1.54) is 5.56 Å². The minimum atomic E-state index is -0.564. The van der Waals surface area contributed by atoms with Crippen LogP contribution in [0.25, 0.3) is 33.5 Å². The molecule has 1 unspecified atom stereocenters.